The number of nitrogens with zero attached hydrogens (tertiary/aromatic N) is 2. The minimum Gasteiger partial charge on any atom is -0.466 e. The summed E-state index contributed by atoms with van der Waals surface area (Å²) < 4.78 is 9.95. The number of benzene rings is 1. The van der Waals surface area contributed by atoms with Crippen molar-refractivity contribution >= 4 is 23.9 Å². The molecule has 1 saturated heterocycles. The Hall–Kier alpha value is -3.10. The number of urea groups is 1. The Kier molecular flexibility index (Phi) is 10.7. The molecule has 2 rings (SSSR count). The van der Waals surface area contributed by atoms with Gasteiger partial charge in [0.15, 0.2) is 0 Å². The van der Waals surface area contributed by atoms with E-state index in [4.69, 9.17) is 9.47 Å². The number of carbonyl (C=O) groups excluding carboxylic acids is 4. The van der Waals surface area contributed by atoms with Crippen LogP contribution in [0.15, 0.2) is 30.3 Å². The van der Waals surface area contributed by atoms with Gasteiger partial charge in [-0.1, -0.05) is 30.3 Å². The number of hydrogen-bond acceptors (Lipinski definition) is 6. The predicted octanol–water partition coefficient (Wildman–Crippen LogP) is 2.51. The molecule has 0 aromatic heterocycles. The van der Waals surface area contributed by atoms with Crippen LogP contribution in [0.3, 0.4) is 0 Å². The minimum atomic E-state index is -0.515. The number of piperidine rings is 1. The third-order valence-corrected chi connectivity index (χ3v) is 5.73. The maximum absolute atomic E-state index is 12.9. The molecular formula is C24H35N3O6. The summed E-state index contributed by atoms with van der Waals surface area (Å²) in [6, 6.07) is 8.77. The van der Waals surface area contributed by atoms with Crippen LogP contribution in [0.2, 0.25) is 0 Å². The Morgan fingerprint density at radius 3 is 2.30 bits per heavy atom. The molecule has 1 N–H and O–H groups in total. The first-order chi connectivity index (χ1) is 15.9. The molecule has 0 spiro atoms. The molecule has 33 heavy (non-hydrogen) atoms. The van der Waals surface area contributed by atoms with Crippen molar-refractivity contribution in [1.82, 2.24) is 15.1 Å². The highest BCUT2D eigenvalue weighted by atomic mass is 16.5. The minimum absolute atomic E-state index is 0.0687. The Bertz CT molecular complexity index is 793. The van der Waals surface area contributed by atoms with Gasteiger partial charge in [0.1, 0.15) is 6.54 Å². The Morgan fingerprint density at radius 2 is 1.70 bits per heavy atom. The molecule has 1 aromatic carbocycles. The van der Waals surface area contributed by atoms with Crippen LogP contribution in [0.25, 0.3) is 0 Å². The van der Waals surface area contributed by atoms with Gasteiger partial charge in [-0.3, -0.25) is 14.4 Å². The number of ether oxygens (including phenoxy) is 2. The normalized spacial score (nSPS) is 14.8. The number of amides is 3. The summed E-state index contributed by atoms with van der Waals surface area (Å²) in [7, 11) is 0. The van der Waals surface area contributed by atoms with Crippen molar-refractivity contribution in [2.45, 2.75) is 46.1 Å². The third-order valence-electron chi connectivity index (χ3n) is 5.73. The first-order valence-corrected chi connectivity index (χ1v) is 11.6. The molecule has 1 aliphatic heterocycles. The second kappa shape index (κ2) is 13.4. The Balaban J connectivity index is 1.96. The molecule has 0 radical (unpaired) electrons. The summed E-state index contributed by atoms with van der Waals surface area (Å²) >= 11 is 0. The highest BCUT2D eigenvalue weighted by Crippen LogP contribution is 2.22. The molecular weight excluding hydrogens is 426 g/mol. The van der Waals surface area contributed by atoms with Gasteiger partial charge in [0.05, 0.1) is 25.2 Å². The smallest absolute Gasteiger partial charge is 0.325 e. The molecule has 9 heteroatoms. The molecule has 1 atom stereocenters. The first-order valence-electron chi connectivity index (χ1n) is 11.6. The first kappa shape index (κ1) is 26.2. The van der Waals surface area contributed by atoms with Crippen LogP contribution in [0.1, 0.15) is 51.6 Å². The van der Waals surface area contributed by atoms with E-state index in [9.17, 15) is 19.2 Å². The molecule has 0 saturated carbocycles. The van der Waals surface area contributed by atoms with Gasteiger partial charge in [-0.15, -0.1) is 0 Å². The number of hydrogen-bond donors (Lipinski definition) is 1. The predicted molar refractivity (Wildman–Crippen MR) is 122 cm³/mol. The number of rotatable bonds is 10. The Morgan fingerprint density at radius 1 is 1.06 bits per heavy atom. The molecule has 182 valence electrons. The van der Waals surface area contributed by atoms with Crippen LogP contribution in [-0.4, -0.2) is 73.1 Å². The lowest BCUT2D eigenvalue weighted by Crippen LogP contribution is -2.46. The van der Waals surface area contributed by atoms with E-state index in [1.807, 2.05) is 37.3 Å². The van der Waals surface area contributed by atoms with E-state index in [0.29, 0.717) is 32.5 Å². The second-order valence-corrected chi connectivity index (χ2v) is 7.90. The molecule has 1 aromatic rings. The topological polar surface area (TPSA) is 105 Å². The summed E-state index contributed by atoms with van der Waals surface area (Å²) in [5, 5.41) is 2.59. The van der Waals surface area contributed by atoms with Crippen molar-refractivity contribution in [3.8, 4) is 0 Å². The van der Waals surface area contributed by atoms with Crippen molar-refractivity contribution in [1.29, 1.82) is 0 Å². The summed E-state index contributed by atoms with van der Waals surface area (Å²) in [6.07, 6.45) is 1.30. The SMILES string of the molecule is CCOC(=O)CNC(=O)N(CCC(=O)N1CCC(C(=O)OCC)CC1)C(C)c1ccccc1. The lowest BCUT2D eigenvalue weighted by atomic mass is 9.97. The van der Waals surface area contributed by atoms with E-state index in [1.54, 1.807) is 23.6 Å². The van der Waals surface area contributed by atoms with Crippen LogP contribution >= 0.6 is 0 Å². The number of esters is 2. The van der Waals surface area contributed by atoms with E-state index in [2.05, 4.69) is 5.32 Å². The number of carbonyl (C=O) groups is 4. The molecule has 3 amide bonds. The van der Waals surface area contributed by atoms with E-state index >= 15 is 0 Å². The lowest BCUT2D eigenvalue weighted by Gasteiger charge is -2.33. The van der Waals surface area contributed by atoms with Crippen LogP contribution < -0.4 is 5.32 Å². The summed E-state index contributed by atoms with van der Waals surface area (Å²) in [5.74, 6) is -0.956. The molecule has 1 heterocycles. The zero-order valence-electron chi connectivity index (χ0n) is 19.7. The highest BCUT2D eigenvalue weighted by molar-refractivity contribution is 5.82. The quantitative estimate of drug-likeness (QED) is 0.537. The summed E-state index contributed by atoms with van der Waals surface area (Å²) in [5.41, 5.74) is 0.923. The molecule has 1 fully saturated rings. The van der Waals surface area contributed by atoms with Crippen LogP contribution in [0.4, 0.5) is 4.79 Å². The summed E-state index contributed by atoms with van der Waals surface area (Å²) in [6.45, 7) is 6.89. The molecule has 1 aliphatic rings. The van der Waals surface area contributed by atoms with E-state index in [-0.39, 0.29) is 50.0 Å². The van der Waals surface area contributed by atoms with Crippen molar-refractivity contribution in [2.24, 2.45) is 5.92 Å². The molecule has 0 aliphatic carbocycles. The fraction of sp³-hybridized carbons (Fsp3) is 0.583. The van der Waals surface area contributed by atoms with Gasteiger partial charge in [0.25, 0.3) is 0 Å². The van der Waals surface area contributed by atoms with E-state index in [0.717, 1.165) is 5.56 Å². The largest absolute Gasteiger partial charge is 0.466 e. The van der Waals surface area contributed by atoms with Gasteiger partial charge >= 0.3 is 18.0 Å². The maximum Gasteiger partial charge on any atom is 0.325 e. The van der Waals surface area contributed by atoms with Gasteiger partial charge in [0, 0.05) is 26.1 Å². The number of likely N-dealkylation sites (tertiary alicyclic amines) is 1. The molecule has 0 bridgehead atoms. The lowest BCUT2D eigenvalue weighted by molar-refractivity contribution is -0.151. The monoisotopic (exact) mass is 461 g/mol. The zero-order chi connectivity index (χ0) is 24.2. The van der Waals surface area contributed by atoms with E-state index in [1.165, 1.54) is 0 Å². The van der Waals surface area contributed by atoms with Crippen molar-refractivity contribution in [2.75, 3.05) is 39.4 Å². The third kappa shape index (κ3) is 8.07. The molecule has 1 unspecified atom stereocenters. The average Bonchev–Trinajstić information content (AvgIpc) is 2.83. The van der Waals surface area contributed by atoms with E-state index < -0.39 is 12.0 Å². The summed E-state index contributed by atoms with van der Waals surface area (Å²) in [4.78, 5) is 52.5. The van der Waals surface area contributed by atoms with Crippen LogP contribution in [-0.2, 0) is 23.9 Å². The second-order valence-electron chi connectivity index (χ2n) is 7.90. The average molecular weight is 462 g/mol. The standard InChI is InChI=1S/C24H35N3O6/c1-4-32-22(29)17-25-24(31)27(18(3)19-9-7-6-8-10-19)16-13-21(28)26-14-11-20(12-15-26)23(30)33-5-2/h6-10,18,20H,4-5,11-17H2,1-3H3,(H,25,31). The maximum atomic E-state index is 12.9. The van der Waals surface area contributed by atoms with Gasteiger partial charge in [0.2, 0.25) is 5.91 Å². The number of nitrogens with one attached hydrogen (secondary N) is 1. The van der Waals surface area contributed by atoms with Gasteiger partial charge in [-0.2, -0.15) is 0 Å². The van der Waals surface area contributed by atoms with Gasteiger partial charge < -0.3 is 24.6 Å². The zero-order valence-corrected chi connectivity index (χ0v) is 19.7. The highest BCUT2D eigenvalue weighted by Gasteiger charge is 2.29. The fourth-order valence-electron chi connectivity index (χ4n) is 3.84. The molecule has 9 nitrogen and oxygen atoms in total. The van der Waals surface area contributed by atoms with Crippen molar-refractivity contribution in [3.63, 3.8) is 0 Å². The van der Waals surface area contributed by atoms with Gasteiger partial charge in [-0.25, -0.2) is 4.79 Å². The fourth-order valence-corrected chi connectivity index (χ4v) is 3.84. The van der Waals surface area contributed by atoms with Gasteiger partial charge in [-0.05, 0) is 39.2 Å². The van der Waals surface area contributed by atoms with Crippen molar-refractivity contribution < 1.29 is 28.7 Å². The Labute approximate surface area is 195 Å². The van der Waals surface area contributed by atoms with Crippen LogP contribution in [0.5, 0.6) is 0 Å². The van der Waals surface area contributed by atoms with Crippen LogP contribution in [0, 0.1) is 5.92 Å². The van der Waals surface area contributed by atoms with Crippen molar-refractivity contribution in [3.05, 3.63) is 35.9 Å².